The molecule has 0 saturated heterocycles. The zero-order chi connectivity index (χ0) is 15.8. The van der Waals surface area contributed by atoms with Gasteiger partial charge in [-0.3, -0.25) is 0 Å². The molecule has 1 saturated carbocycles. The third-order valence-corrected chi connectivity index (χ3v) is 4.60. The van der Waals surface area contributed by atoms with Crippen LogP contribution in [0.5, 0.6) is 0 Å². The molecule has 124 valence electrons. The molecule has 1 fully saturated rings. The Labute approximate surface area is 133 Å². The molecular weight excluding hydrogens is 278 g/mol. The van der Waals surface area contributed by atoms with Crippen molar-refractivity contribution in [3.05, 3.63) is 35.4 Å². The first-order valence-corrected chi connectivity index (χ1v) is 8.22. The topological polar surface area (TPSA) is 64.7 Å². The number of hydrogen-bond donors (Lipinski definition) is 2. The number of hydrogen-bond acceptors (Lipinski definition) is 4. The van der Waals surface area contributed by atoms with Crippen LogP contribution in [-0.4, -0.2) is 44.2 Å². The fourth-order valence-electron chi connectivity index (χ4n) is 3.16. The van der Waals surface area contributed by atoms with Gasteiger partial charge in [-0.25, -0.2) is 0 Å². The summed E-state index contributed by atoms with van der Waals surface area (Å²) in [5.41, 5.74) is 8.48. The van der Waals surface area contributed by atoms with Crippen molar-refractivity contribution < 1.29 is 14.6 Å². The van der Waals surface area contributed by atoms with Crippen LogP contribution >= 0.6 is 0 Å². The summed E-state index contributed by atoms with van der Waals surface area (Å²) in [6, 6.07) is 8.85. The summed E-state index contributed by atoms with van der Waals surface area (Å²) < 4.78 is 10.4. The van der Waals surface area contributed by atoms with E-state index in [0.717, 1.165) is 38.7 Å². The minimum Gasteiger partial charge on any atom is -0.394 e. The van der Waals surface area contributed by atoms with Crippen molar-refractivity contribution in [2.75, 3.05) is 33.5 Å². The molecule has 0 aromatic heterocycles. The van der Waals surface area contributed by atoms with E-state index < -0.39 is 0 Å². The largest absolute Gasteiger partial charge is 0.394 e. The Kier molecular flexibility index (Phi) is 6.83. The molecule has 0 unspecified atom stereocenters. The van der Waals surface area contributed by atoms with Crippen molar-refractivity contribution in [3.8, 4) is 0 Å². The molecule has 1 aromatic rings. The summed E-state index contributed by atoms with van der Waals surface area (Å²) >= 11 is 0. The highest BCUT2D eigenvalue weighted by molar-refractivity contribution is 5.27. The maximum atomic E-state index is 9.36. The Morgan fingerprint density at radius 3 is 2.64 bits per heavy atom. The van der Waals surface area contributed by atoms with Gasteiger partial charge in [0.1, 0.15) is 0 Å². The number of aliphatic hydroxyl groups excluding tert-OH is 1. The second-order valence-corrected chi connectivity index (χ2v) is 6.41. The molecular formula is C18H29NO3. The lowest BCUT2D eigenvalue weighted by molar-refractivity contribution is 0.0695. The fourth-order valence-corrected chi connectivity index (χ4v) is 3.16. The highest BCUT2D eigenvalue weighted by atomic mass is 16.5. The third-order valence-electron chi connectivity index (χ3n) is 4.60. The third kappa shape index (κ3) is 5.06. The molecule has 1 aromatic carbocycles. The number of rotatable bonds is 9. The number of nitrogens with two attached hydrogens (primary N) is 1. The number of ether oxygens (including phenoxy) is 2. The van der Waals surface area contributed by atoms with Crippen LogP contribution in [0, 0.1) is 0 Å². The lowest BCUT2D eigenvalue weighted by Crippen LogP contribution is -2.40. The smallest absolute Gasteiger partial charge is 0.0700 e. The summed E-state index contributed by atoms with van der Waals surface area (Å²) in [5.74, 6) is 0.489. The van der Waals surface area contributed by atoms with Crippen molar-refractivity contribution in [1.29, 1.82) is 0 Å². The fraction of sp³-hybridized carbons (Fsp3) is 0.667. The molecule has 0 heterocycles. The molecule has 0 bridgehead atoms. The van der Waals surface area contributed by atoms with Gasteiger partial charge in [-0.15, -0.1) is 0 Å². The van der Waals surface area contributed by atoms with E-state index in [1.54, 1.807) is 7.11 Å². The molecule has 2 atom stereocenters. The van der Waals surface area contributed by atoms with Crippen molar-refractivity contribution in [2.45, 2.75) is 43.6 Å². The van der Waals surface area contributed by atoms with Gasteiger partial charge >= 0.3 is 0 Å². The Balaban J connectivity index is 1.74. The summed E-state index contributed by atoms with van der Waals surface area (Å²) in [6.45, 7) is 2.19. The Morgan fingerprint density at radius 1 is 1.23 bits per heavy atom. The highest BCUT2D eigenvalue weighted by Crippen LogP contribution is 2.39. The Hall–Kier alpha value is -0.940. The van der Waals surface area contributed by atoms with E-state index in [1.165, 1.54) is 11.1 Å². The average Bonchev–Trinajstić information content (AvgIpc) is 2.94. The van der Waals surface area contributed by atoms with Gasteiger partial charge in [0.25, 0.3) is 0 Å². The van der Waals surface area contributed by atoms with E-state index in [-0.39, 0.29) is 12.1 Å². The Bertz CT molecular complexity index is 434. The van der Waals surface area contributed by atoms with Crippen LogP contribution in [0.1, 0.15) is 42.7 Å². The Morgan fingerprint density at radius 2 is 2.00 bits per heavy atom. The molecule has 0 spiro atoms. The molecule has 2 rings (SSSR count). The normalized spacial score (nSPS) is 24.8. The average molecular weight is 307 g/mol. The summed E-state index contributed by atoms with van der Waals surface area (Å²) in [5, 5.41) is 9.36. The van der Waals surface area contributed by atoms with E-state index >= 15 is 0 Å². The molecule has 4 nitrogen and oxygen atoms in total. The highest BCUT2D eigenvalue weighted by Gasteiger charge is 2.35. The van der Waals surface area contributed by atoms with Crippen LogP contribution in [0.3, 0.4) is 0 Å². The van der Waals surface area contributed by atoms with Gasteiger partial charge in [-0.2, -0.15) is 0 Å². The second-order valence-electron chi connectivity index (χ2n) is 6.41. The quantitative estimate of drug-likeness (QED) is 0.687. The second kappa shape index (κ2) is 8.63. The number of aryl methyl sites for hydroxylation is 1. The van der Waals surface area contributed by atoms with Crippen molar-refractivity contribution in [1.82, 2.24) is 0 Å². The molecule has 0 radical (unpaired) electrons. The van der Waals surface area contributed by atoms with Crippen LogP contribution in [0.25, 0.3) is 0 Å². The van der Waals surface area contributed by atoms with E-state index in [0.29, 0.717) is 19.1 Å². The standard InChI is InChI=1S/C18H29NO3/c1-21-11-12-22-10-2-3-15-4-6-16(7-5-15)17-8-9-18(19,13-17)14-20/h4-7,17,20H,2-3,8-14,19H2,1H3/t17-,18-/m1/s1. The van der Waals surface area contributed by atoms with Gasteiger partial charge in [0.15, 0.2) is 0 Å². The SMILES string of the molecule is COCCOCCCc1ccc([C@@H]2CC[C@](N)(CO)C2)cc1. The molecule has 3 N–H and O–H groups in total. The lowest BCUT2D eigenvalue weighted by Gasteiger charge is -2.21. The summed E-state index contributed by atoms with van der Waals surface area (Å²) in [7, 11) is 1.69. The first-order chi connectivity index (χ1) is 10.7. The van der Waals surface area contributed by atoms with Gasteiger partial charge in [-0.1, -0.05) is 24.3 Å². The van der Waals surface area contributed by atoms with E-state index in [9.17, 15) is 5.11 Å². The predicted octanol–water partition coefficient (Wildman–Crippen LogP) is 2.24. The van der Waals surface area contributed by atoms with Gasteiger partial charge in [0.2, 0.25) is 0 Å². The van der Waals surface area contributed by atoms with Crippen LogP contribution < -0.4 is 5.73 Å². The molecule has 1 aliphatic carbocycles. The first kappa shape index (κ1) is 17.4. The lowest BCUT2D eigenvalue weighted by atomic mass is 9.93. The van der Waals surface area contributed by atoms with Gasteiger partial charge < -0.3 is 20.3 Å². The number of methoxy groups -OCH3 is 1. The van der Waals surface area contributed by atoms with Crippen LogP contribution in [0.15, 0.2) is 24.3 Å². The van der Waals surface area contributed by atoms with E-state index in [1.807, 2.05) is 0 Å². The molecule has 1 aliphatic rings. The minimum atomic E-state index is -0.372. The minimum absolute atomic E-state index is 0.0880. The van der Waals surface area contributed by atoms with Crippen LogP contribution in [0.2, 0.25) is 0 Å². The van der Waals surface area contributed by atoms with Crippen molar-refractivity contribution in [2.24, 2.45) is 5.73 Å². The zero-order valence-corrected chi connectivity index (χ0v) is 13.6. The number of benzene rings is 1. The molecule has 0 amide bonds. The monoisotopic (exact) mass is 307 g/mol. The maximum absolute atomic E-state index is 9.36. The molecule has 4 heteroatoms. The first-order valence-electron chi connectivity index (χ1n) is 8.22. The van der Waals surface area contributed by atoms with E-state index in [2.05, 4.69) is 24.3 Å². The maximum Gasteiger partial charge on any atom is 0.0700 e. The van der Waals surface area contributed by atoms with Gasteiger partial charge in [-0.05, 0) is 49.1 Å². The summed E-state index contributed by atoms with van der Waals surface area (Å²) in [4.78, 5) is 0. The van der Waals surface area contributed by atoms with E-state index in [4.69, 9.17) is 15.2 Å². The zero-order valence-electron chi connectivity index (χ0n) is 13.6. The van der Waals surface area contributed by atoms with Crippen molar-refractivity contribution in [3.63, 3.8) is 0 Å². The van der Waals surface area contributed by atoms with Crippen LogP contribution in [-0.2, 0) is 15.9 Å². The summed E-state index contributed by atoms with van der Waals surface area (Å²) in [6.07, 6.45) is 4.94. The predicted molar refractivity (Wildman–Crippen MR) is 88.1 cm³/mol. The van der Waals surface area contributed by atoms with Gasteiger partial charge in [0.05, 0.1) is 19.8 Å². The van der Waals surface area contributed by atoms with Crippen molar-refractivity contribution >= 4 is 0 Å². The molecule has 22 heavy (non-hydrogen) atoms. The molecule has 0 aliphatic heterocycles. The number of aliphatic hydroxyl groups is 1. The van der Waals surface area contributed by atoms with Gasteiger partial charge in [0, 0.05) is 19.3 Å². The van der Waals surface area contributed by atoms with Crippen LogP contribution in [0.4, 0.5) is 0 Å².